The van der Waals surface area contributed by atoms with Crippen LogP contribution in [0.25, 0.3) is 0 Å². The fourth-order valence-corrected chi connectivity index (χ4v) is 4.84. The number of likely N-dealkylation sites (tertiary alicyclic amines) is 2. The van der Waals surface area contributed by atoms with Crippen LogP contribution in [0.3, 0.4) is 0 Å². The number of rotatable bonds is 7. The molecule has 1 atom stereocenters. The van der Waals surface area contributed by atoms with Crippen LogP contribution >= 0.6 is 0 Å². The zero-order chi connectivity index (χ0) is 20.8. The standard InChI is InChI=1S/C23H34N6O/c1-26(15-16-29-12-4-10-25-29)23(30)21-6-3-11-28(19-21)22-7-13-27(14-8-22)18-20-5-2-9-24-17-20/h2,4-5,9-10,12,17,21-22H,3,6-8,11,13-16,18-19H2,1H3. The van der Waals surface area contributed by atoms with Crippen molar-refractivity contribution in [3.8, 4) is 0 Å². The number of likely N-dealkylation sites (N-methyl/N-ethyl adjacent to an activating group) is 1. The number of piperidine rings is 2. The second-order valence-electron chi connectivity index (χ2n) is 8.73. The second kappa shape index (κ2) is 10.2. The lowest BCUT2D eigenvalue weighted by atomic mass is 9.93. The molecule has 0 N–H and O–H groups in total. The van der Waals surface area contributed by atoms with Crippen LogP contribution in [0.4, 0.5) is 0 Å². The molecule has 2 aliphatic rings. The summed E-state index contributed by atoms with van der Waals surface area (Å²) in [5.74, 6) is 0.427. The quantitative estimate of drug-likeness (QED) is 0.700. The van der Waals surface area contributed by atoms with Crippen molar-refractivity contribution in [2.24, 2.45) is 5.92 Å². The number of amides is 1. The van der Waals surface area contributed by atoms with Crippen molar-refractivity contribution in [2.45, 2.75) is 44.8 Å². The molecular formula is C23H34N6O. The van der Waals surface area contributed by atoms with Crippen LogP contribution in [0.15, 0.2) is 43.0 Å². The first kappa shape index (κ1) is 21.0. The molecule has 2 aromatic rings. The smallest absolute Gasteiger partial charge is 0.226 e. The second-order valence-corrected chi connectivity index (χ2v) is 8.73. The first-order chi connectivity index (χ1) is 14.7. The molecule has 2 aromatic heterocycles. The van der Waals surface area contributed by atoms with Gasteiger partial charge in [-0.25, -0.2) is 0 Å². The Morgan fingerprint density at radius 2 is 2.03 bits per heavy atom. The summed E-state index contributed by atoms with van der Waals surface area (Å²) in [6.45, 7) is 6.75. The van der Waals surface area contributed by atoms with Crippen LogP contribution in [0.1, 0.15) is 31.2 Å². The summed E-state index contributed by atoms with van der Waals surface area (Å²) in [4.78, 5) is 24.2. The lowest BCUT2D eigenvalue weighted by molar-refractivity contribution is -0.136. The normalized spacial score (nSPS) is 21.6. The van der Waals surface area contributed by atoms with Crippen LogP contribution in [-0.4, -0.2) is 81.2 Å². The molecule has 4 heterocycles. The fourth-order valence-electron chi connectivity index (χ4n) is 4.84. The molecule has 2 saturated heterocycles. The summed E-state index contributed by atoms with van der Waals surface area (Å²) in [5, 5.41) is 4.23. The van der Waals surface area contributed by atoms with Gasteiger partial charge in [-0.2, -0.15) is 5.10 Å². The molecule has 162 valence electrons. The average molecular weight is 411 g/mol. The Balaban J connectivity index is 1.23. The molecule has 1 amide bonds. The van der Waals surface area contributed by atoms with Gasteiger partial charge in [-0.05, 0) is 63.0 Å². The van der Waals surface area contributed by atoms with Gasteiger partial charge in [0, 0.05) is 57.5 Å². The summed E-state index contributed by atoms with van der Waals surface area (Å²) in [5.41, 5.74) is 1.29. The molecule has 0 saturated carbocycles. The predicted octanol–water partition coefficient (Wildman–Crippen LogP) is 2.11. The zero-order valence-electron chi connectivity index (χ0n) is 18.1. The molecule has 30 heavy (non-hydrogen) atoms. The Morgan fingerprint density at radius 1 is 1.17 bits per heavy atom. The van der Waals surface area contributed by atoms with Crippen molar-refractivity contribution in [1.82, 2.24) is 29.5 Å². The number of carbonyl (C=O) groups is 1. The van der Waals surface area contributed by atoms with E-state index in [1.54, 1.807) is 6.20 Å². The maximum Gasteiger partial charge on any atom is 0.226 e. The van der Waals surface area contributed by atoms with Gasteiger partial charge in [0.2, 0.25) is 5.91 Å². The largest absolute Gasteiger partial charge is 0.344 e. The molecule has 2 aliphatic heterocycles. The molecule has 0 aromatic carbocycles. The van der Waals surface area contributed by atoms with E-state index in [0.717, 1.165) is 52.1 Å². The molecule has 0 bridgehead atoms. The summed E-state index contributed by atoms with van der Waals surface area (Å²) in [7, 11) is 1.93. The highest BCUT2D eigenvalue weighted by Gasteiger charge is 2.32. The van der Waals surface area contributed by atoms with Crippen LogP contribution in [0.5, 0.6) is 0 Å². The van der Waals surface area contributed by atoms with Crippen molar-refractivity contribution in [3.05, 3.63) is 48.5 Å². The molecule has 2 fully saturated rings. The van der Waals surface area contributed by atoms with E-state index in [2.05, 4.69) is 25.9 Å². The molecule has 0 aliphatic carbocycles. The molecule has 7 heteroatoms. The van der Waals surface area contributed by atoms with Gasteiger partial charge < -0.3 is 4.90 Å². The van der Waals surface area contributed by atoms with Gasteiger partial charge in [-0.15, -0.1) is 0 Å². The van der Waals surface area contributed by atoms with E-state index in [1.165, 1.54) is 18.4 Å². The van der Waals surface area contributed by atoms with Crippen molar-refractivity contribution in [1.29, 1.82) is 0 Å². The number of pyridine rings is 1. The van der Waals surface area contributed by atoms with Crippen molar-refractivity contribution < 1.29 is 4.79 Å². The number of hydrogen-bond acceptors (Lipinski definition) is 5. The fraction of sp³-hybridized carbons (Fsp3) is 0.609. The van der Waals surface area contributed by atoms with E-state index in [4.69, 9.17) is 0 Å². The third-order valence-corrected chi connectivity index (χ3v) is 6.60. The number of aromatic nitrogens is 3. The highest BCUT2D eigenvalue weighted by atomic mass is 16.2. The van der Waals surface area contributed by atoms with E-state index in [1.807, 2.05) is 47.4 Å². The van der Waals surface area contributed by atoms with E-state index in [-0.39, 0.29) is 5.92 Å². The van der Waals surface area contributed by atoms with Crippen LogP contribution in [0.2, 0.25) is 0 Å². The first-order valence-corrected chi connectivity index (χ1v) is 11.3. The van der Waals surface area contributed by atoms with Crippen molar-refractivity contribution >= 4 is 5.91 Å². The maximum absolute atomic E-state index is 13.0. The van der Waals surface area contributed by atoms with Gasteiger partial charge in [-0.3, -0.25) is 24.3 Å². The zero-order valence-corrected chi connectivity index (χ0v) is 18.1. The molecule has 7 nitrogen and oxygen atoms in total. The van der Waals surface area contributed by atoms with Crippen LogP contribution in [-0.2, 0) is 17.9 Å². The average Bonchev–Trinajstić information content (AvgIpc) is 3.32. The number of carbonyl (C=O) groups excluding carboxylic acids is 1. The van der Waals surface area contributed by atoms with Gasteiger partial charge in [0.25, 0.3) is 0 Å². The topological polar surface area (TPSA) is 57.5 Å². The van der Waals surface area contributed by atoms with E-state index in [9.17, 15) is 4.79 Å². The van der Waals surface area contributed by atoms with E-state index >= 15 is 0 Å². The van der Waals surface area contributed by atoms with Crippen molar-refractivity contribution in [2.75, 3.05) is 39.8 Å². The number of hydrogen-bond donors (Lipinski definition) is 0. The van der Waals surface area contributed by atoms with Crippen molar-refractivity contribution in [3.63, 3.8) is 0 Å². The summed E-state index contributed by atoms with van der Waals surface area (Å²) in [6, 6.07) is 6.70. The number of nitrogens with zero attached hydrogens (tertiary/aromatic N) is 6. The third kappa shape index (κ3) is 5.46. The first-order valence-electron chi connectivity index (χ1n) is 11.3. The molecule has 1 unspecified atom stereocenters. The minimum absolute atomic E-state index is 0.134. The van der Waals surface area contributed by atoms with Crippen LogP contribution in [0, 0.1) is 5.92 Å². The minimum atomic E-state index is 0.134. The summed E-state index contributed by atoms with van der Waals surface area (Å²) in [6.07, 6.45) is 12.0. The molecule has 0 radical (unpaired) electrons. The van der Waals surface area contributed by atoms with E-state index < -0.39 is 0 Å². The monoisotopic (exact) mass is 410 g/mol. The van der Waals surface area contributed by atoms with Gasteiger partial charge in [0.05, 0.1) is 12.5 Å². The summed E-state index contributed by atoms with van der Waals surface area (Å²) < 4.78 is 1.89. The Morgan fingerprint density at radius 3 is 2.77 bits per heavy atom. The minimum Gasteiger partial charge on any atom is -0.344 e. The van der Waals surface area contributed by atoms with Crippen LogP contribution < -0.4 is 0 Å². The third-order valence-electron chi connectivity index (χ3n) is 6.60. The SMILES string of the molecule is CN(CCn1cccn1)C(=O)C1CCCN(C2CCN(Cc3cccnc3)CC2)C1. The Labute approximate surface area is 179 Å². The molecular weight excluding hydrogens is 376 g/mol. The van der Waals surface area contributed by atoms with Gasteiger partial charge in [0.1, 0.15) is 0 Å². The molecule has 0 spiro atoms. The lowest BCUT2D eigenvalue weighted by Gasteiger charge is -2.42. The maximum atomic E-state index is 13.0. The Kier molecular flexibility index (Phi) is 7.12. The Hall–Kier alpha value is -2.25. The van der Waals surface area contributed by atoms with Gasteiger partial charge >= 0.3 is 0 Å². The highest BCUT2D eigenvalue weighted by molar-refractivity contribution is 5.78. The van der Waals surface area contributed by atoms with Gasteiger partial charge in [-0.1, -0.05) is 6.07 Å². The highest BCUT2D eigenvalue weighted by Crippen LogP contribution is 2.25. The predicted molar refractivity (Wildman–Crippen MR) is 117 cm³/mol. The molecule has 4 rings (SSSR count). The van der Waals surface area contributed by atoms with E-state index in [0.29, 0.717) is 18.5 Å². The van der Waals surface area contributed by atoms with Gasteiger partial charge in [0.15, 0.2) is 0 Å². The Bertz CT molecular complexity index is 772. The lowest BCUT2D eigenvalue weighted by Crippen LogP contribution is -2.51. The summed E-state index contributed by atoms with van der Waals surface area (Å²) >= 11 is 0.